The minimum atomic E-state index is 0. The predicted octanol–water partition coefficient (Wildman–Crippen LogP) is 2.48. The molecule has 0 unspecified atom stereocenters. The molecule has 0 spiro atoms. The Morgan fingerprint density at radius 1 is 1.33 bits per heavy atom. The number of thioether (sulfide) groups is 1. The molecule has 0 aliphatic rings. The molecule has 1 aromatic rings. The van der Waals surface area contributed by atoms with Crippen molar-refractivity contribution in [1.82, 2.24) is 10.6 Å². The number of carbonyl (C=O) groups is 1. The zero-order valence-corrected chi connectivity index (χ0v) is 12.7. The third-order valence-corrected chi connectivity index (χ3v) is 3.30. The summed E-state index contributed by atoms with van der Waals surface area (Å²) in [5.41, 5.74) is 1.80. The Kier molecular flexibility index (Phi) is 8.89. The van der Waals surface area contributed by atoms with Crippen LogP contribution in [0.5, 0.6) is 0 Å². The molecule has 2 N–H and O–H groups in total. The van der Waals surface area contributed by atoms with Crippen LogP contribution < -0.4 is 10.6 Å². The molecule has 0 saturated carbocycles. The molecule has 18 heavy (non-hydrogen) atoms. The number of carbonyl (C=O) groups excluding carboxylic acids is 1. The van der Waals surface area contributed by atoms with Crippen molar-refractivity contribution in [1.29, 1.82) is 0 Å². The summed E-state index contributed by atoms with van der Waals surface area (Å²) >= 11 is 1.65. The van der Waals surface area contributed by atoms with Crippen LogP contribution in [0.15, 0.2) is 23.1 Å². The van der Waals surface area contributed by atoms with Gasteiger partial charge in [-0.25, -0.2) is 0 Å². The van der Waals surface area contributed by atoms with Crippen LogP contribution in [0.25, 0.3) is 0 Å². The van der Waals surface area contributed by atoms with E-state index in [9.17, 15) is 4.79 Å². The van der Waals surface area contributed by atoms with E-state index in [0.717, 1.165) is 29.0 Å². The van der Waals surface area contributed by atoms with E-state index in [4.69, 9.17) is 0 Å². The molecule has 1 amide bonds. The van der Waals surface area contributed by atoms with Crippen molar-refractivity contribution in [3.8, 4) is 0 Å². The zero-order chi connectivity index (χ0) is 12.7. The fraction of sp³-hybridized carbons (Fsp3) is 0.462. The molecule has 1 aromatic carbocycles. The van der Waals surface area contributed by atoms with Crippen molar-refractivity contribution in [2.45, 2.75) is 18.2 Å². The summed E-state index contributed by atoms with van der Waals surface area (Å²) in [4.78, 5) is 13.1. The fourth-order valence-electron chi connectivity index (χ4n) is 1.54. The third kappa shape index (κ3) is 5.29. The Labute approximate surface area is 120 Å². The van der Waals surface area contributed by atoms with Crippen LogP contribution >= 0.6 is 24.2 Å². The van der Waals surface area contributed by atoms with Crippen molar-refractivity contribution in [2.75, 3.05) is 26.4 Å². The Bertz CT molecular complexity index is 385. The lowest BCUT2D eigenvalue weighted by Crippen LogP contribution is -2.27. The maximum absolute atomic E-state index is 12.0. The average Bonchev–Trinajstić information content (AvgIpc) is 2.35. The second-order valence-corrected chi connectivity index (χ2v) is 4.77. The number of hydrogen-bond acceptors (Lipinski definition) is 3. The second-order valence-electron chi connectivity index (χ2n) is 3.89. The van der Waals surface area contributed by atoms with E-state index in [1.165, 1.54) is 0 Å². The molecular formula is C13H21ClN2OS. The summed E-state index contributed by atoms with van der Waals surface area (Å²) in [6, 6.07) is 5.99. The Morgan fingerprint density at radius 2 is 2.06 bits per heavy atom. The minimum absolute atomic E-state index is 0. The molecule has 0 aromatic heterocycles. The van der Waals surface area contributed by atoms with E-state index in [-0.39, 0.29) is 18.3 Å². The van der Waals surface area contributed by atoms with Gasteiger partial charge in [0, 0.05) is 17.0 Å². The first kappa shape index (κ1) is 17.3. The highest BCUT2D eigenvalue weighted by Gasteiger charge is 2.08. The van der Waals surface area contributed by atoms with Crippen LogP contribution in [-0.4, -0.2) is 32.3 Å². The van der Waals surface area contributed by atoms with E-state index < -0.39 is 0 Å². The summed E-state index contributed by atoms with van der Waals surface area (Å²) in [6.45, 7) is 3.60. The molecule has 1 rings (SSSR count). The van der Waals surface area contributed by atoms with Crippen LogP contribution in [-0.2, 0) is 0 Å². The summed E-state index contributed by atoms with van der Waals surface area (Å²) < 4.78 is 0. The maximum atomic E-state index is 12.0. The van der Waals surface area contributed by atoms with E-state index in [1.807, 2.05) is 38.4 Å². The highest BCUT2D eigenvalue weighted by molar-refractivity contribution is 7.98. The quantitative estimate of drug-likeness (QED) is 0.624. The second kappa shape index (κ2) is 9.25. The van der Waals surface area contributed by atoms with Gasteiger partial charge in [0.1, 0.15) is 0 Å². The molecular weight excluding hydrogens is 268 g/mol. The van der Waals surface area contributed by atoms with Crippen molar-refractivity contribution in [3.05, 3.63) is 29.3 Å². The highest BCUT2D eigenvalue weighted by atomic mass is 35.5. The van der Waals surface area contributed by atoms with Crippen molar-refractivity contribution < 1.29 is 4.79 Å². The van der Waals surface area contributed by atoms with Crippen LogP contribution in [0.3, 0.4) is 0 Å². The van der Waals surface area contributed by atoms with Gasteiger partial charge in [-0.15, -0.1) is 24.2 Å². The first-order valence-corrected chi connectivity index (χ1v) is 6.99. The smallest absolute Gasteiger partial charge is 0.251 e. The van der Waals surface area contributed by atoms with E-state index >= 15 is 0 Å². The number of hydrogen-bond donors (Lipinski definition) is 2. The van der Waals surface area contributed by atoms with E-state index in [2.05, 4.69) is 10.6 Å². The minimum Gasteiger partial charge on any atom is -0.352 e. The monoisotopic (exact) mass is 288 g/mol. The number of rotatable bonds is 6. The Balaban J connectivity index is 0.00000289. The van der Waals surface area contributed by atoms with Gasteiger partial charge < -0.3 is 10.6 Å². The zero-order valence-electron chi connectivity index (χ0n) is 11.1. The lowest BCUT2D eigenvalue weighted by Gasteiger charge is -2.09. The van der Waals surface area contributed by atoms with Gasteiger partial charge >= 0.3 is 0 Å². The molecule has 0 saturated heterocycles. The lowest BCUT2D eigenvalue weighted by atomic mass is 10.1. The molecule has 102 valence electrons. The van der Waals surface area contributed by atoms with Gasteiger partial charge in [-0.3, -0.25) is 4.79 Å². The topological polar surface area (TPSA) is 41.1 Å². The number of aryl methyl sites for hydroxylation is 1. The van der Waals surface area contributed by atoms with Crippen LogP contribution in [0.4, 0.5) is 0 Å². The number of amides is 1. The van der Waals surface area contributed by atoms with Gasteiger partial charge in [-0.2, -0.15) is 0 Å². The molecule has 0 heterocycles. The first-order chi connectivity index (χ1) is 8.19. The maximum Gasteiger partial charge on any atom is 0.251 e. The predicted molar refractivity (Wildman–Crippen MR) is 81.1 cm³/mol. The highest BCUT2D eigenvalue weighted by Crippen LogP contribution is 2.18. The van der Waals surface area contributed by atoms with Gasteiger partial charge in [-0.05, 0) is 50.9 Å². The normalized spacial score (nSPS) is 9.72. The Morgan fingerprint density at radius 3 is 2.67 bits per heavy atom. The number of halogens is 1. The van der Waals surface area contributed by atoms with E-state index in [0.29, 0.717) is 6.54 Å². The average molecular weight is 289 g/mol. The molecule has 0 aliphatic carbocycles. The lowest BCUT2D eigenvalue weighted by molar-refractivity contribution is 0.0952. The molecule has 0 radical (unpaired) electrons. The fourth-order valence-corrected chi connectivity index (χ4v) is 1.97. The molecule has 0 fully saturated rings. The van der Waals surface area contributed by atoms with Gasteiger partial charge in [-0.1, -0.05) is 6.07 Å². The summed E-state index contributed by atoms with van der Waals surface area (Å²) in [7, 11) is 1.91. The molecule has 0 aliphatic heterocycles. The summed E-state index contributed by atoms with van der Waals surface area (Å²) in [6.07, 6.45) is 2.96. The molecule has 0 bridgehead atoms. The van der Waals surface area contributed by atoms with Crippen molar-refractivity contribution in [2.24, 2.45) is 0 Å². The summed E-state index contributed by atoms with van der Waals surface area (Å²) in [5, 5.41) is 5.99. The van der Waals surface area contributed by atoms with Gasteiger partial charge in [0.15, 0.2) is 0 Å². The number of nitrogens with one attached hydrogen (secondary N) is 2. The Hall–Kier alpha value is -0.710. The van der Waals surface area contributed by atoms with Crippen molar-refractivity contribution >= 4 is 30.1 Å². The van der Waals surface area contributed by atoms with Crippen molar-refractivity contribution in [3.63, 3.8) is 0 Å². The molecule has 3 nitrogen and oxygen atoms in total. The van der Waals surface area contributed by atoms with Crippen LogP contribution in [0.2, 0.25) is 0 Å². The molecule has 5 heteroatoms. The standard InChI is InChI=1S/C13H20N2OS.ClH/c1-10-5-6-11(17-3)9-12(10)13(16)15-8-4-7-14-2;/h5-6,9,14H,4,7-8H2,1-3H3,(H,15,16);1H. The van der Waals surface area contributed by atoms with Crippen LogP contribution in [0.1, 0.15) is 22.3 Å². The van der Waals surface area contributed by atoms with Gasteiger partial charge in [0.2, 0.25) is 0 Å². The number of benzene rings is 1. The van der Waals surface area contributed by atoms with Gasteiger partial charge in [0.25, 0.3) is 5.91 Å². The third-order valence-electron chi connectivity index (χ3n) is 2.58. The van der Waals surface area contributed by atoms with E-state index in [1.54, 1.807) is 11.8 Å². The SMILES string of the molecule is CNCCCNC(=O)c1cc(SC)ccc1C.Cl. The molecule has 0 atom stereocenters. The van der Waals surface area contributed by atoms with Crippen LogP contribution in [0, 0.1) is 6.92 Å². The van der Waals surface area contributed by atoms with Gasteiger partial charge in [0.05, 0.1) is 0 Å². The largest absolute Gasteiger partial charge is 0.352 e. The summed E-state index contributed by atoms with van der Waals surface area (Å²) in [5.74, 6) is 0.0227. The first-order valence-electron chi connectivity index (χ1n) is 5.76.